The van der Waals surface area contributed by atoms with Crippen LogP contribution < -0.4 is 10.3 Å². The summed E-state index contributed by atoms with van der Waals surface area (Å²) < 4.78 is 27.9. The number of hydrogen-bond donors (Lipinski definition) is 1. The van der Waals surface area contributed by atoms with Crippen LogP contribution in [0.1, 0.15) is 11.1 Å². The Balaban J connectivity index is 2.02. The molecule has 0 amide bonds. The van der Waals surface area contributed by atoms with Gasteiger partial charge in [-0.3, -0.25) is 4.79 Å². The van der Waals surface area contributed by atoms with Crippen molar-refractivity contribution < 1.29 is 8.42 Å². The molecule has 1 heterocycles. The summed E-state index contributed by atoms with van der Waals surface area (Å²) in [7, 11) is -1.83. The van der Waals surface area contributed by atoms with E-state index in [0.29, 0.717) is 10.6 Å². The lowest BCUT2D eigenvalue weighted by atomic mass is 10.2. The summed E-state index contributed by atoms with van der Waals surface area (Å²) in [5.74, 6) is -0.115. The Morgan fingerprint density at radius 2 is 1.71 bits per heavy atom. The molecular formula is C14H15ClN2O3S. The van der Waals surface area contributed by atoms with E-state index in [-0.39, 0.29) is 17.9 Å². The second kappa shape index (κ2) is 6.43. The van der Waals surface area contributed by atoms with Crippen LogP contribution in [0.3, 0.4) is 0 Å². The van der Waals surface area contributed by atoms with E-state index in [1.807, 2.05) is 0 Å². The molecule has 7 heteroatoms. The smallest absolute Gasteiger partial charge is 0.250 e. The molecule has 1 aromatic heterocycles. The van der Waals surface area contributed by atoms with Gasteiger partial charge >= 0.3 is 0 Å². The Bertz CT molecular complexity index is 783. The molecule has 1 N–H and O–H groups in total. The second-order valence-electron chi connectivity index (χ2n) is 4.69. The van der Waals surface area contributed by atoms with Crippen molar-refractivity contribution in [2.75, 3.05) is 0 Å². The van der Waals surface area contributed by atoms with Gasteiger partial charge in [0.2, 0.25) is 15.6 Å². The van der Waals surface area contributed by atoms with E-state index in [0.717, 1.165) is 5.56 Å². The molecule has 2 rings (SSSR count). The Morgan fingerprint density at radius 1 is 1.10 bits per heavy atom. The molecule has 112 valence electrons. The summed E-state index contributed by atoms with van der Waals surface area (Å²) in [6.45, 7) is 0.143. The van der Waals surface area contributed by atoms with Crippen LogP contribution in [0.15, 0.2) is 47.4 Å². The van der Waals surface area contributed by atoms with Gasteiger partial charge in [-0.25, -0.2) is 13.1 Å². The fourth-order valence-corrected chi connectivity index (χ4v) is 3.05. The summed E-state index contributed by atoms with van der Waals surface area (Å²) in [6, 6.07) is 9.66. The number of aryl methyl sites for hydroxylation is 1. The molecule has 0 aliphatic carbocycles. The van der Waals surface area contributed by atoms with Crippen molar-refractivity contribution in [1.82, 2.24) is 9.29 Å². The van der Waals surface area contributed by atoms with Gasteiger partial charge in [0.25, 0.3) is 0 Å². The molecule has 5 nitrogen and oxygen atoms in total. The predicted molar refractivity (Wildman–Crippen MR) is 82.6 cm³/mol. The average molecular weight is 327 g/mol. The van der Waals surface area contributed by atoms with Crippen molar-refractivity contribution in [3.8, 4) is 0 Å². The SMILES string of the molecule is Cn1cc(CNS(=O)(=O)Cc2ccc(Cl)cc2)ccc1=O. The van der Waals surface area contributed by atoms with Gasteiger partial charge < -0.3 is 4.57 Å². The van der Waals surface area contributed by atoms with Gasteiger partial charge in [0, 0.05) is 30.9 Å². The first-order valence-corrected chi connectivity index (χ1v) is 8.26. The number of benzene rings is 1. The maximum atomic E-state index is 12.0. The average Bonchev–Trinajstić information content (AvgIpc) is 2.43. The lowest BCUT2D eigenvalue weighted by Gasteiger charge is -2.08. The van der Waals surface area contributed by atoms with Crippen molar-refractivity contribution in [1.29, 1.82) is 0 Å². The van der Waals surface area contributed by atoms with Crippen LogP contribution >= 0.6 is 11.6 Å². The van der Waals surface area contributed by atoms with E-state index in [1.165, 1.54) is 10.6 Å². The highest BCUT2D eigenvalue weighted by molar-refractivity contribution is 7.88. The van der Waals surface area contributed by atoms with Crippen molar-refractivity contribution in [2.24, 2.45) is 7.05 Å². The van der Waals surface area contributed by atoms with E-state index in [2.05, 4.69) is 4.72 Å². The fraction of sp³-hybridized carbons (Fsp3) is 0.214. The van der Waals surface area contributed by atoms with Crippen molar-refractivity contribution in [2.45, 2.75) is 12.3 Å². The number of aromatic nitrogens is 1. The minimum atomic E-state index is -3.45. The maximum Gasteiger partial charge on any atom is 0.250 e. The Labute approximate surface area is 128 Å². The molecular weight excluding hydrogens is 312 g/mol. The molecule has 0 aliphatic rings. The Kier molecular flexibility index (Phi) is 4.82. The van der Waals surface area contributed by atoms with Crippen LogP contribution in [0.4, 0.5) is 0 Å². The zero-order valence-corrected chi connectivity index (χ0v) is 13.0. The van der Waals surface area contributed by atoms with Gasteiger partial charge in [0.15, 0.2) is 0 Å². The van der Waals surface area contributed by atoms with Gasteiger partial charge in [0.05, 0.1) is 5.75 Å². The summed E-state index contributed by atoms with van der Waals surface area (Å²) >= 11 is 5.76. The van der Waals surface area contributed by atoms with Gasteiger partial charge in [0.1, 0.15) is 0 Å². The molecule has 2 aromatic rings. The molecule has 0 saturated carbocycles. The summed E-state index contributed by atoms with van der Waals surface area (Å²) in [5.41, 5.74) is 1.24. The van der Waals surface area contributed by atoms with Crippen LogP contribution in [-0.2, 0) is 29.4 Å². The minimum absolute atomic E-state index is 0.115. The van der Waals surface area contributed by atoms with E-state index < -0.39 is 10.0 Å². The molecule has 0 bridgehead atoms. The van der Waals surface area contributed by atoms with Crippen molar-refractivity contribution in [3.05, 3.63) is 69.1 Å². The number of sulfonamides is 1. The van der Waals surface area contributed by atoms with Crippen LogP contribution in [-0.4, -0.2) is 13.0 Å². The molecule has 0 unspecified atom stereocenters. The van der Waals surface area contributed by atoms with Crippen LogP contribution in [0.25, 0.3) is 0 Å². The first-order chi connectivity index (χ1) is 9.85. The summed E-state index contributed by atoms with van der Waals surface area (Å²) in [5, 5.41) is 0.564. The Hall–Kier alpha value is -1.63. The highest BCUT2D eigenvalue weighted by Gasteiger charge is 2.11. The van der Waals surface area contributed by atoms with Crippen LogP contribution in [0.5, 0.6) is 0 Å². The van der Waals surface area contributed by atoms with Gasteiger partial charge in [-0.1, -0.05) is 29.8 Å². The first kappa shape index (κ1) is 15.8. The quantitative estimate of drug-likeness (QED) is 0.908. The van der Waals surface area contributed by atoms with Gasteiger partial charge in [-0.05, 0) is 23.3 Å². The largest absolute Gasteiger partial charge is 0.318 e. The van der Waals surface area contributed by atoms with Crippen molar-refractivity contribution >= 4 is 21.6 Å². The number of nitrogens with zero attached hydrogens (tertiary/aromatic N) is 1. The molecule has 0 atom stereocenters. The monoisotopic (exact) mass is 326 g/mol. The molecule has 0 fully saturated rings. The van der Waals surface area contributed by atoms with E-state index in [4.69, 9.17) is 11.6 Å². The normalized spacial score (nSPS) is 11.5. The van der Waals surface area contributed by atoms with Crippen LogP contribution in [0.2, 0.25) is 5.02 Å². The van der Waals surface area contributed by atoms with E-state index >= 15 is 0 Å². The third kappa shape index (κ3) is 4.70. The molecule has 0 aliphatic heterocycles. The fourth-order valence-electron chi connectivity index (χ4n) is 1.80. The zero-order chi connectivity index (χ0) is 15.5. The predicted octanol–water partition coefficient (Wildman–Crippen LogP) is 1.66. The Morgan fingerprint density at radius 3 is 2.33 bits per heavy atom. The topological polar surface area (TPSA) is 68.2 Å². The van der Waals surface area contributed by atoms with Gasteiger partial charge in [-0.15, -0.1) is 0 Å². The summed E-state index contributed by atoms with van der Waals surface area (Å²) in [4.78, 5) is 11.3. The first-order valence-electron chi connectivity index (χ1n) is 6.23. The highest BCUT2D eigenvalue weighted by Crippen LogP contribution is 2.11. The van der Waals surface area contributed by atoms with E-state index in [1.54, 1.807) is 43.6 Å². The molecule has 21 heavy (non-hydrogen) atoms. The number of pyridine rings is 1. The zero-order valence-electron chi connectivity index (χ0n) is 11.4. The minimum Gasteiger partial charge on any atom is -0.318 e. The molecule has 1 aromatic carbocycles. The molecule has 0 spiro atoms. The number of hydrogen-bond acceptors (Lipinski definition) is 3. The third-order valence-corrected chi connectivity index (χ3v) is 4.46. The summed E-state index contributed by atoms with van der Waals surface area (Å²) in [6.07, 6.45) is 1.60. The number of nitrogens with one attached hydrogen (secondary N) is 1. The van der Waals surface area contributed by atoms with E-state index in [9.17, 15) is 13.2 Å². The van der Waals surface area contributed by atoms with Crippen molar-refractivity contribution in [3.63, 3.8) is 0 Å². The third-order valence-electron chi connectivity index (χ3n) is 2.91. The van der Waals surface area contributed by atoms with Gasteiger partial charge in [-0.2, -0.15) is 0 Å². The number of halogens is 1. The standard InChI is InChI=1S/C14H15ClN2O3S/c1-17-9-12(4-7-14(17)18)8-16-21(19,20)10-11-2-5-13(15)6-3-11/h2-7,9,16H,8,10H2,1H3. The second-order valence-corrected chi connectivity index (χ2v) is 6.94. The van der Waals surface area contributed by atoms with Crippen LogP contribution in [0, 0.1) is 0 Å². The molecule has 0 saturated heterocycles. The lowest BCUT2D eigenvalue weighted by Crippen LogP contribution is -2.25. The molecule has 0 radical (unpaired) electrons. The maximum absolute atomic E-state index is 12.0. The lowest BCUT2D eigenvalue weighted by molar-refractivity contribution is 0.580. The number of rotatable bonds is 5. The highest BCUT2D eigenvalue weighted by atomic mass is 35.5.